The van der Waals surface area contributed by atoms with Crippen LogP contribution in [0.5, 0.6) is 0 Å². The highest BCUT2D eigenvalue weighted by Gasteiger charge is 2.18. The summed E-state index contributed by atoms with van der Waals surface area (Å²) < 4.78 is 0. The number of rotatable bonds is 9. The van der Waals surface area contributed by atoms with Gasteiger partial charge >= 0.3 is 11.9 Å². The molecule has 1 fully saturated rings. The SMILES string of the molecule is CCCCCCCCNC(=S)N1CCN(Cc2ccccc2)CC1.O=C(O)C(=O)O. The molecule has 1 aromatic rings. The number of hydrogen-bond acceptors (Lipinski definition) is 4. The van der Waals surface area contributed by atoms with Crippen molar-refractivity contribution in [2.45, 2.75) is 52.0 Å². The number of carboxylic acids is 2. The van der Waals surface area contributed by atoms with E-state index in [1.54, 1.807) is 0 Å². The highest BCUT2D eigenvalue weighted by atomic mass is 32.1. The van der Waals surface area contributed by atoms with E-state index in [4.69, 9.17) is 32.0 Å². The quantitative estimate of drug-likeness (QED) is 0.308. The first-order chi connectivity index (χ1) is 14.4. The number of aliphatic carboxylic acids is 2. The second-order valence-electron chi connectivity index (χ2n) is 7.36. The maximum atomic E-state index is 9.10. The molecule has 30 heavy (non-hydrogen) atoms. The third-order valence-electron chi connectivity index (χ3n) is 4.90. The van der Waals surface area contributed by atoms with Gasteiger partial charge in [-0.05, 0) is 24.2 Å². The molecule has 7 nitrogen and oxygen atoms in total. The fraction of sp³-hybridized carbons (Fsp3) is 0.591. The van der Waals surface area contributed by atoms with Gasteiger partial charge in [0.1, 0.15) is 0 Å². The third kappa shape index (κ3) is 11.7. The van der Waals surface area contributed by atoms with E-state index in [1.165, 1.54) is 44.1 Å². The molecular formula is C22H35N3O4S. The van der Waals surface area contributed by atoms with E-state index >= 15 is 0 Å². The topological polar surface area (TPSA) is 93.1 Å². The summed E-state index contributed by atoms with van der Waals surface area (Å²) in [5.74, 6) is -3.65. The van der Waals surface area contributed by atoms with Gasteiger partial charge in [0, 0.05) is 39.3 Å². The first-order valence-corrected chi connectivity index (χ1v) is 11.1. The normalized spacial score (nSPS) is 13.8. The van der Waals surface area contributed by atoms with Gasteiger partial charge < -0.3 is 20.4 Å². The predicted octanol–water partition coefficient (Wildman–Crippen LogP) is 3.19. The molecule has 0 aromatic heterocycles. The van der Waals surface area contributed by atoms with Crippen LogP contribution in [0.4, 0.5) is 0 Å². The lowest BCUT2D eigenvalue weighted by Gasteiger charge is -2.36. The molecule has 1 heterocycles. The Hall–Kier alpha value is -2.19. The number of piperazine rings is 1. The minimum absolute atomic E-state index is 0.947. The first-order valence-electron chi connectivity index (χ1n) is 10.7. The minimum atomic E-state index is -1.82. The van der Waals surface area contributed by atoms with Gasteiger partial charge in [-0.2, -0.15) is 0 Å². The predicted molar refractivity (Wildman–Crippen MR) is 123 cm³/mol. The zero-order valence-electron chi connectivity index (χ0n) is 17.9. The number of carboxylic acid groups (broad SMARTS) is 2. The summed E-state index contributed by atoms with van der Waals surface area (Å²) >= 11 is 5.56. The molecule has 8 heteroatoms. The second-order valence-corrected chi connectivity index (χ2v) is 7.75. The van der Waals surface area contributed by atoms with Crippen molar-refractivity contribution < 1.29 is 19.8 Å². The van der Waals surface area contributed by atoms with Crippen LogP contribution >= 0.6 is 12.2 Å². The van der Waals surface area contributed by atoms with E-state index in [0.29, 0.717) is 0 Å². The van der Waals surface area contributed by atoms with Crippen molar-refractivity contribution in [1.29, 1.82) is 0 Å². The van der Waals surface area contributed by atoms with Crippen LogP contribution in [-0.4, -0.2) is 69.8 Å². The average Bonchev–Trinajstić information content (AvgIpc) is 2.74. The average molecular weight is 438 g/mol. The zero-order chi connectivity index (χ0) is 22.2. The van der Waals surface area contributed by atoms with Crippen LogP contribution in [0.3, 0.4) is 0 Å². The number of nitrogens with one attached hydrogen (secondary N) is 1. The highest BCUT2D eigenvalue weighted by molar-refractivity contribution is 7.80. The number of benzene rings is 1. The maximum Gasteiger partial charge on any atom is 0.414 e. The lowest BCUT2D eigenvalue weighted by molar-refractivity contribution is -0.159. The molecule has 0 atom stereocenters. The molecule has 0 radical (unpaired) electrons. The second kappa shape index (κ2) is 15.6. The van der Waals surface area contributed by atoms with Gasteiger partial charge in [-0.25, -0.2) is 9.59 Å². The van der Waals surface area contributed by atoms with Crippen LogP contribution in [0.2, 0.25) is 0 Å². The van der Waals surface area contributed by atoms with Crippen molar-refractivity contribution in [2.75, 3.05) is 32.7 Å². The van der Waals surface area contributed by atoms with Gasteiger partial charge in [0.2, 0.25) is 0 Å². The van der Waals surface area contributed by atoms with Crippen LogP contribution in [0, 0.1) is 0 Å². The van der Waals surface area contributed by atoms with Crippen LogP contribution in [-0.2, 0) is 16.1 Å². The Balaban J connectivity index is 0.000000656. The summed E-state index contributed by atoms with van der Waals surface area (Å²) in [5.41, 5.74) is 1.40. The van der Waals surface area contributed by atoms with E-state index in [1.807, 2.05) is 0 Å². The Bertz CT molecular complexity index is 623. The van der Waals surface area contributed by atoms with Crippen LogP contribution in [0.15, 0.2) is 30.3 Å². The lowest BCUT2D eigenvalue weighted by Crippen LogP contribution is -2.51. The van der Waals surface area contributed by atoms with E-state index in [-0.39, 0.29) is 0 Å². The molecule has 0 saturated carbocycles. The summed E-state index contributed by atoms with van der Waals surface area (Å²) in [6.07, 6.45) is 7.99. The summed E-state index contributed by atoms with van der Waals surface area (Å²) in [7, 11) is 0. The van der Waals surface area contributed by atoms with Gasteiger partial charge in [-0.1, -0.05) is 69.4 Å². The molecule has 1 aliphatic rings. The Morgan fingerprint density at radius 1 is 0.933 bits per heavy atom. The first kappa shape index (κ1) is 25.8. The van der Waals surface area contributed by atoms with Gasteiger partial charge in [-0.15, -0.1) is 0 Å². The zero-order valence-corrected chi connectivity index (χ0v) is 18.7. The Morgan fingerprint density at radius 2 is 1.50 bits per heavy atom. The lowest BCUT2D eigenvalue weighted by atomic mass is 10.1. The Morgan fingerprint density at radius 3 is 2.07 bits per heavy atom. The summed E-state index contributed by atoms with van der Waals surface area (Å²) in [6, 6.07) is 10.7. The van der Waals surface area contributed by atoms with Gasteiger partial charge in [0.05, 0.1) is 0 Å². The monoisotopic (exact) mass is 437 g/mol. The van der Waals surface area contributed by atoms with Crippen LogP contribution in [0.1, 0.15) is 51.0 Å². The van der Waals surface area contributed by atoms with Crippen molar-refractivity contribution in [1.82, 2.24) is 15.1 Å². The molecule has 0 unspecified atom stereocenters. The summed E-state index contributed by atoms with van der Waals surface area (Å²) in [4.78, 5) is 23.0. The molecular weight excluding hydrogens is 402 g/mol. The molecule has 0 amide bonds. The summed E-state index contributed by atoms with van der Waals surface area (Å²) in [5, 5.41) is 19.2. The molecule has 168 valence electrons. The van der Waals surface area contributed by atoms with E-state index < -0.39 is 11.9 Å². The maximum absolute atomic E-state index is 9.10. The van der Waals surface area contributed by atoms with Crippen molar-refractivity contribution in [3.8, 4) is 0 Å². The number of thiocarbonyl (C=S) groups is 1. The molecule has 0 spiro atoms. The fourth-order valence-corrected chi connectivity index (χ4v) is 3.45. The smallest absolute Gasteiger partial charge is 0.414 e. The standard InChI is InChI=1S/C20H33N3S.C2H2O4/c1-2-3-4-5-6-10-13-21-20(24)23-16-14-22(15-17-23)18-19-11-8-7-9-12-19;3-1(4)2(5)6/h7-9,11-12H,2-6,10,13-18H2,1H3,(H,21,24);(H,3,4)(H,5,6). The number of hydrogen-bond donors (Lipinski definition) is 3. The van der Waals surface area contributed by atoms with Crippen molar-refractivity contribution in [3.63, 3.8) is 0 Å². The Labute approximate surface area is 185 Å². The molecule has 1 aromatic carbocycles. The van der Waals surface area contributed by atoms with E-state index in [2.05, 4.69) is 52.4 Å². The number of nitrogens with zero attached hydrogens (tertiary/aromatic N) is 2. The minimum Gasteiger partial charge on any atom is -0.473 e. The van der Waals surface area contributed by atoms with Gasteiger partial charge in [0.15, 0.2) is 5.11 Å². The van der Waals surface area contributed by atoms with Crippen LogP contribution in [0.25, 0.3) is 0 Å². The number of carbonyl (C=O) groups is 2. The molecule has 3 N–H and O–H groups in total. The van der Waals surface area contributed by atoms with E-state index in [0.717, 1.165) is 44.4 Å². The van der Waals surface area contributed by atoms with Crippen molar-refractivity contribution >= 4 is 29.3 Å². The van der Waals surface area contributed by atoms with Gasteiger partial charge in [-0.3, -0.25) is 4.90 Å². The highest BCUT2D eigenvalue weighted by Crippen LogP contribution is 2.09. The molecule has 0 aliphatic carbocycles. The van der Waals surface area contributed by atoms with Crippen LogP contribution < -0.4 is 5.32 Å². The molecule has 2 rings (SSSR count). The third-order valence-corrected chi connectivity index (χ3v) is 5.30. The van der Waals surface area contributed by atoms with Crippen molar-refractivity contribution in [2.24, 2.45) is 0 Å². The Kier molecular flexibility index (Phi) is 13.5. The largest absolute Gasteiger partial charge is 0.473 e. The van der Waals surface area contributed by atoms with Crippen molar-refractivity contribution in [3.05, 3.63) is 35.9 Å². The van der Waals surface area contributed by atoms with E-state index in [9.17, 15) is 0 Å². The molecule has 0 bridgehead atoms. The summed E-state index contributed by atoms with van der Waals surface area (Å²) in [6.45, 7) is 8.59. The fourth-order valence-electron chi connectivity index (χ4n) is 3.16. The van der Waals surface area contributed by atoms with Gasteiger partial charge in [0.25, 0.3) is 0 Å². The number of unbranched alkanes of at least 4 members (excludes halogenated alkanes) is 5. The molecule has 1 saturated heterocycles. The molecule has 1 aliphatic heterocycles.